The molecule has 300 valence electrons. The molecule has 3 N–H and O–H groups in total. The zero-order chi connectivity index (χ0) is 40.8. The van der Waals surface area contributed by atoms with Crippen LogP contribution in [0.5, 0.6) is 23.0 Å². The summed E-state index contributed by atoms with van der Waals surface area (Å²) in [6.07, 6.45) is 0. The monoisotopic (exact) mass is 1270 g/mol. The number of aromatic hydroxyl groups is 2. The number of fused-ring (bicyclic) bond motifs is 8. The maximum absolute atomic E-state index is 13.6. The molecule has 17 heteroatoms. The van der Waals surface area contributed by atoms with E-state index in [1.54, 1.807) is 29.2 Å². The van der Waals surface area contributed by atoms with Gasteiger partial charge in [0.2, 0.25) is 5.91 Å². The number of esters is 1. The summed E-state index contributed by atoms with van der Waals surface area (Å²) in [5, 5.41) is 23.5. The number of aryl methyl sites for hydroxylation is 2. The molecule has 13 nitrogen and oxygen atoms in total. The first-order valence-electron chi connectivity index (χ1n) is 18.3. The summed E-state index contributed by atoms with van der Waals surface area (Å²) in [5.74, 6) is -0.283. The SMILES string of the molecule is CC1=C(CSc2ccc3c(c2)C(=O)OC32c3ccc(O)cc3Oc3cc(O)ccc32)CSC2C(NC(=O)CN(C)C(=O)c3cc4cc(C)c(C)cc4oc3=O)C(=O)N12.[Ac].[Ac]. The molecule has 5 aromatic rings. The number of nitrogens with one attached hydrogen (secondary N) is 1. The van der Waals surface area contributed by atoms with Crippen molar-refractivity contribution >= 4 is 58.2 Å². The van der Waals surface area contributed by atoms with Crippen LogP contribution in [0.25, 0.3) is 11.0 Å². The molecule has 0 bridgehead atoms. The number of nitrogens with zero attached hydrogens (tertiary/aromatic N) is 2. The Balaban J connectivity index is 0.00000272. The first-order chi connectivity index (χ1) is 27.7. The predicted molar refractivity (Wildman–Crippen MR) is 215 cm³/mol. The number of carbonyl (C=O) groups is 4. The van der Waals surface area contributed by atoms with Crippen molar-refractivity contribution in [3.63, 3.8) is 0 Å². The Hall–Kier alpha value is -3.31. The third-order valence-corrected chi connectivity index (χ3v) is 13.5. The molecule has 2 radical (unpaired) electrons. The van der Waals surface area contributed by atoms with E-state index < -0.39 is 35.1 Å². The van der Waals surface area contributed by atoms with Gasteiger partial charge in [0, 0.05) is 151 Å². The Morgan fingerprint density at radius 1 is 0.900 bits per heavy atom. The number of thioether (sulfide) groups is 2. The van der Waals surface area contributed by atoms with Gasteiger partial charge in [0.25, 0.3) is 11.8 Å². The number of benzene rings is 4. The second-order valence-electron chi connectivity index (χ2n) is 14.8. The standard InChI is InChI=1S/C43H35N3O10S2.2Ac/c1-20-11-23-13-29(41(52)55-33(23)12-21(20)2)38(50)45(4)17-36(49)44-37-39(51)46-22(3)24(19-58-40(37)46)18-57-27-7-10-30-28(16-27)42(53)56-43(30)31-8-5-25(47)14-34(31)54-35-15-26(48)6-9-32(35)43;;/h5-16,37,40,47-48H,17-19H2,1-4H3,(H,44,49);;. The average molecular weight is 1270 g/mol. The Morgan fingerprint density at radius 3 is 2.23 bits per heavy atom. The zero-order valence-corrected chi connectivity index (χ0v) is 43.9. The van der Waals surface area contributed by atoms with Crippen LogP contribution in [0.15, 0.2) is 98.2 Å². The average Bonchev–Trinajstić information content (AvgIpc) is 3.47. The first-order valence-corrected chi connectivity index (χ1v) is 20.4. The largest absolute Gasteiger partial charge is 0.508 e. The molecule has 1 spiro atoms. The molecule has 3 amide bonds. The van der Waals surface area contributed by atoms with Crippen molar-refractivity contribution in [3.05, 3.63) is 133 Å². The minimum Gasteiger partial charge on any atom is -0.508 e. The second kappa shape index (κ2) is 17.1. The minimum absolute atomic E-state index is 0. The van der Waals surface area contributed by atoms with E-state index in [1.165, 1.54) is 60.9 Å². The quantitative estimate of drug-likeness (QED) is 0.0760. The summed E-state index contributed by atoms with van der Waals surface area (Å²) in [6.45, 7) is 5.33. The van der Waals surface area contributed by atoms with E-state index >= 15 is 0 Å². The van der Waals surface area contributed by atoms with Gasteiger partial charge in [-0.3, -0.25) is 19.3 Å². The normalized spacial score (nSPS) is 17.8. The van der Waals surface area contributed by atoms with E-state index in [4.69, 9.17) is 13.9 Å². The van der Waals surface area contributed by atoms with Crippen LogP contribution < -0.4 is 15.7 Å². The number of amides is 3. The van der Waals surface area contributed by atoms with Gasteiger partial charge in [0.1, 0.15) is 45.6 Å². The summed E-state index contributed by atoms with van der Waals surface area (Å²) in [5.41, 5.74) is 3.87. The number of carbonyl (C=O) groups excluding carboxylic acids is 4. The molecule has 4 aliphatic rings. The molecule has 4 aliphatic heterocycles. The van der Waals surface area contributed by atoms with Gasteiger partial charge in [0.15, 0.2) is 5.60 Å². The number of hydrogen-bond donors (Lipinski definition) is 3. The summed E-state index contributed by atoms with van der Waals surface area (Å²) in [7, 11) is 1.41. The van der Waals surface area contributed by atoms with Crippen molar-refractivity contribution in [1.29, 1.82) is 0 Å². The molecule has 60 heavy (non-hydrogen) atoms. The Labute approximate surface area is 423 Å². The molecular formula is C43H35Ac2N3O10S2. The van der Waals surface area contributed by atoms with E-state index in [2.05, 4.69) is 5.32 Å². The molecule has 1 saturated heterocycles. The molecule has 0 aliphatic carbocycles. The van der Waals surface area contributed by atoms with Crippen LogP contribution in [0, 0.1) is 102 Å². The number of phenolic OH excluding ortho intramolecular Hbond substituents is 2. The van der Waals surface area contributed by atoms with Crippen molar-refractivity contribution < 1.29 is 131 Å². The Bertz CT molecular complexity index is 2720. The van der Waals surface area contributed by atoms with Crippen LogP contribution in [0.2, 0.25) is 0 Å². The number of phenols is 2. The molecule has 2 unspecified atom stereocenters. The Kier molecular flexibility index (Phi) is 12.8. The fourth-order valence-electron chi connectivity index (χ4n) is 7.92. The molecule has 2 atom stereocenters. The third-order valence-electron chi connectivity index (χ3n) is 11.1. The molecule has 9 rings (SSSR count). The number of allylic oxidation sites excluding steroid dienone is 1. The topological polar surface area (TPSA) is 176 Å². The predicted octanol–water partition coefficient (Wildman–Crippen LogP) is 5.93. The Morgan fingerprint density at radius 2 is 1.55 bits per heavy atom. The van der Waals surface area contributed by atoms with Crippen LogP contribution in [-0.4, -0.2) is 80.2 Å². The van der Waals surface area contributed by atoms with Crippen LogP contribution in [0.3, 0.4) is 0 Å². The fraction of sp³-hybridized carbons (Fsp3) is 0.233. The first kappa shape index (κ1) is 44.7. The number of likely N-dealkylation sites (N-methyl/N-ethyl adjacent to an activating group) is 1. The maximum Gasteiger partial charge on any atom is 0.349 e. The summed E-state index contributed by atoms with van der Waals surface area (Å²) in [6, 6.07) is 19.1. The van der Waals surface area contributed by atoms with Gasteiger partial charge < -0.3 is 34.3 Å². The van der Waals surface area contributed by atoms with Crippen molar-refractivity contribution in [2.45, 2.75) is 42.7 Å². The van der Waals surface area contributed by atoms with Crippen LogP contribution in [0.4, 0.5) is 0 Å². The van der Waals surface area contributed by atoms with E-state index in [-0.39, 0.29) is 123 Å². The molecule has 5 heterocycles. The minimum atomic E-state index is -1.35. The van der Waals surface area contributed by atoms with Gasteiger partial charge in [-0.2, -0.15) is 0 Å². The second-order valence-corrected chi connectivity index (χ2v) is 16.9. The van der Waals surface area contributed by atoms with E-state index in [1.807, 2.05) is 39.0 Å². The number of rotatable bonds is 7. The smallest absolute Gasteiger partial charge is 0.349 e. The molecule has 4 aromatic carbocycles. The zero-order valence-electron chi connectivity index (χ0n) is 32.7. The van der Waals surface area contributed by atoms with E-state index in [9.17, 15) is 34.2 Å². The van der Waals surface area contributed by atoms with Crippen molar-refractivity contribution in [2.75, 3.05) is 25.1 Å². The van der Waals surface area contributed by atoms with Gasteiger partial charge in [-0.05, 0) is 92.1 Å². The summed E-state index contributed by atoms with van der Waals surface area (Å²) >= 11 is 3.04. The molecule has 1 aromatic heterocycles. The fourth-order valence-corrected chi connectivity index (χ4v) is 10.5. The van der Waals surface area contributed by atoms with Crippen LogP contribution in [-0.2, 0) is 19.9 Å². The van der Waals surface area contributed by atoms with Crippen LogP contribution >= 0.6 is 23.5 Å². The summed E-state index contributed by atoms with van der Waals surface area (Å²) in [4.78, 5) is 69.5. The number of ether oxygens (including phenoxy) is 2. The number of β-lactam (4-membered cyclic amide) rings is 1. The van der Waals surface area contributed by atoms with Crippen LogP contribution in [0.1, 0.15) is 55.5 Å². The van der Waals surface area contributed by atoms with Crippen molar-refractivity contribution in [1.82, 2.24) is 15.1 Å². The summed E-state index contributed by atoms with van der Waals surface area (Å²) < 4.78 is 17.6. The van der Waals surface area contributed by atoms with Gasteiger partial charge in [-0.1, -0.05) is 6.07 Å². The molecule has 0 saturated carbocycles. The van der Waals surface area contributed by atoms with Crippen molar-refractivity contribution in [2.24, 2.45) is 0 Å². The van der Waals surface area contributed by atoms with Crippen molar-refractivity contribution in [3.8, 4) is 23.0 Å². The van der Waals surface area contributed by atoms with Gasteiger partial charge in [-0.25, -0.2) is 9.59 Å². The van der Waals surface area contributed by atoms with E-state index in [0.717, 1.165) is 32.2 Å². The third kappa shape index (κ3) is 7.53. The van der Waals surface area contributed by atoms with Gasteiger partial charge in [-0.15, -0.1) is 23.5 Å². The number of hydrogen-bond acceptors (Lipinski definition) is 12. The maximum atomic E-state index is 13.6. The van der Waals surface area contributed by atoms with E-state index in [0.29, 0.717) is 56.2 Å². The van der Waals surface area contributed by atoms with Gasteiger partial charge >= 0.3 is 11.6 Å². The molecular weight excluding hydrogens is 1240 g/mol. The van der Waals surface area contributed by atoms with Gasteiger partial charge in [0.05, 0.1) is 12.1 Å². The molecule has 1 fully saturated rings.